The van der Waals surface area contributed by atoms with Crippen molar-refractivity contribution in [2.75, 3.05) is 0 Å². The summed E-state index contributed by atoms with van der Waals surface area (Å²) < 4.78 is 1.40. The first kappa shape index (κ1) is 15.9. The molecule has 3 N–H and O–H groups in total. The molecule has 9 nitrogen and oxygen atoms in total. The van der Waals surface area contributed by atoms with Crippen LogP contribution < -0.4 is 16.0 Å². The van der Waals surface area contributed by atoms with Gasteiger partial charge in [0.1, 0.15) is 23.8 Å². The molecule has 2 heterocycles. The SMILES string of the molecule is C[C@@H]1NC(=O)[C@@H](C)NC(=O)[C@@H](C)NC(=O)[C@H](C)n2cc1nn2. The largest absolute Gasteiger partial charge is 0.346 e. The Labute approximate surface area is 127 Å². The summed E-state index contributed by atoms with van der Waals surface area (Å²) in [4.78, 5) is 36.2. The Morgan fingerprint density at radius 1 is 0.864 bits per heavy atom. The van der Waals surface area contributed by atoms with Crippen LogP contribution in [0, 0.1) is 0 Å². The van der Waals surface area contributed by atoms with Crippen LogP contribution in [0.5, 0.6) is 0 Å². The van der Waals surface area contributed by atoms with E-state index in [1.165, 1.54) is 4.68 Å². The van der Waals surface area contributed by atoms with Gasteiger partial charge in [-0.2, -0.15) is 0 Å². The zero-order valence-corrected chi connectivity index (χ0v) is 13.0. The van der Waals surface area contributed by atoms with Crippen molar-refractivity contribution in [2.45, 2.75) is 51.9 Å². The number of hydrogen-bond acceptors (Lipinski definition) is 5. The minimum absolute atomic E-state index is 0.332. The number of rotatable bonds is 0. The van der Waals surface area contributed by atoms with E-state index in [-0.39, 0.29) is 17.9 Å². The van der Waals surface area contributed by atoms with Crippen LogP contribution in [-0.4, -0.2) is 44.8 Å². The number of nitrogens with zero attached hydrogens (tertiary/aromatic N) is 3. The predicted molar refractivity (Wildman–Crippen MR) is 76.5 cm³/mol. The van der Waals surface area contributed by atoms with Crippen molar-refractivity contribution in [3.8, 4) is 0 Å². The highest BCUT2D eigenvalue weighted by Gasteiger charge is 2.26. The summed E-state index contributed by atoms with van der Waals surface area (Å²) in [5.41, 5.74) is 0.541. The zero-order chi connectivity index (χ0) is 16.4. The van der Waals surface area contributed by atoms with Crippen LogP contribution in [-0.2, 0) is 14.4 Å². The first-order valence-electron chi connectivity index (χ1n) is 7.12. The molecular weight excluding hydrogens is 288 g/mol. The molecule has 0 spiro atoms. The molecule has 0 saturated heterocycles. The van der Waals surface area contributed by atoms with Crippen LogP contribution in [0.2, 0.25) is 0 Å². The van der Waals surface area contributed by atoms with Gasteiger partial charge in [-0.25, -0.2) is 4.68 Å². The molecule has 1 aromatic rings. The van der Waals surface area contributed by atoms with Crippen LogP contribution in [0.15, 0.2) is 6.20 Å². The lowest BCUT2D eigenvalue weighted by Gasteiger charge is -2.20. The number of carbonyl (C=O) groups excluding carboxylic acids is 3. The third-order valence-corrected chi connectivity index (χ3v) is 3.61. The van der Waals surface area contributed by atoms with Gasteiger partial charge in [-0.05, 0) is 27.7 Å². The summed E-state index contributed by atoms with van der Waals surface area (Å²) in [6.45, 7) is 6.55. The minimum Gasteiger partial charge on any atom is -0.346 e. The average Bonchev–Trinajstić information content (AvgIpc) is 2.94. The molecule has 3 amide bonds. The van der Waals surface area contributed by atoms with Gasteiger partial charge in [0, 0.05) is 0 Å². The number of fused-ring (bicyclic) bond motifs is 2. The summed E-state index contributed by atoms with van der Waals surface area (Å²) in [6.07, 6.45) is 1.61. The van der Waals surface area contributed by atoms with Gasteiger partial charge in [-0.1, -0.05) is 5.21 Å². The molecule has 0 saturated carbocycles. The van der Waals surface area contributed by atoms with Crippen molar-refractivity contribution in [3.05, 3.63) is 11.9 Å². The first-order chi connectivity index (χ1) is 10.3. The molecule has 0 fully saturated rings. The summed E-state index contributed by atoms with van der Waals surface area (Å²) >= 11 is 0. The fraction of sp³-hybridized carbons (Fsp3) is 0.615. The molecule has 1 aliphatic rings. The predicted octanol–water partition coefficient (Wildman–Crippen LogP) is -0.961. The van der Waals surface area contributed by atoms with Gasteiger partial charge in [0.15, 0.2) is 0 Å². The van der Waals surface area contributed by atoms with Crippen molar-refractivity contribution in [1.29, 1.82) is 0 Å². The van der Waals surface area contributed by atoms with Crippen LogP contribution in [0.1, 0.15) is 45.5 Å². The molecule has 0 aliphatic carbocycles. The second-order valence-corrected chi connectivity index (χ2v) is 5.49. The van der Waals surface area contributed by atoms with E-state index in [4.69, 9.17) is 0 Å². The lowest BCUT2D eigenvalue weighted by Crippen LogP contribution is -2.52. The maximum atomic E-state index is 12.1. The number of nitrogens with one attached hydrogen (secondary N) is 3. The number of amides is 3. The molecule has 4 atom stereocenters. The van der Waals surface area contributed by atoms with E-state index in [0.29, 0.717) is 5.69 Å². The first-order valence-corrected chi connectivity index (χ1v) is 7.12. The third kappa shape index (κ3) is 3.23. The molecule has 2 bridgehead atoms. The van der Waals surface area contributed by atoms with Crippen molar-refractivity contribution in [2.24, 2.45) is 0 Å². The van der Waals surface area contributed by atoms with Crippen LogP contribution in [0.25, 0.3) is 0 Å². The lowest BCUT2D eigenvalue weighted by atomic mass is 10.2. The second kappa shape index (κ2) is 6.12. The Morgan fingerprint density at radius 3 is 1.95 bits per heavy atom. The van der Waals surface area contributed by atoms with Gasteiger partial charge in [0.2, 0.25) is 17.7 Å². The van der Waals surface area contributed by atoms with E-state index in [1.54, 1.807) is 33.9 Å². The topological polar surface area (TPSA) is 118 Å². The van der Waals surface area contributed by atoms with Gasteiger partial charge in [0.05, 0.1) is 12.2 Å². The van der Waals surface area contributed by atoms with E-state index in [2.05, 4.69) is 26.3 Å². The highest BCUT2D eigenvalue weighted by Crippen LogP contribution is 2.12. The van der Waals surface area contributed by atoms with E-state index < -0.39 is 24.0 Å². The minimum atomic E-state index is -0.758. The summed E-state index contributed by atoms with van der Waals surface area (Å²) in [5, 5.41) is 15.8. The van der Waals surface area contributed by atoms with E-state index in [9.17, 15) is 14.4 Å². The van der Waals surface area contributed by atoms with E-state index in [0.717, 1.165) is 0 Å². The van der Waals surface area contributed by atoms with Crippen molar-refractivity contribution < 1.29 is 14.4 Å². The molecule has 2 rings (SSSR count). The standard InChI is InChI=1S/C13H20N6O3/c1-6-10-5-19(18-17-10)9(4)13(22)16-8(3)12(21)15-7(2)11(20)14-6/h5-9H,1-4H3,(H,14,20)(H,15,21)(H,16,22)/t6-,7+,8+,9-/m0/s1. The molecule has 0 radical (unpaired) electrons. The fourth-order valence-electron chi connectivity index (χ4n) is 2.01. The average molecular weight is 308 g/mol. The Balaban J connectivity index is 2.32. The quantitative estimate of drug-likeness (QED) is 0.570. The van der Waals surface area contributed by atoms with Gasteiger partial charge in [-0.15, -0.1) is 5.10 Å². The maximum Gasteiger partial charge on any atom is 0.245 e. The molecular formula is C13H20N6O3. The van der Waals surface area contributed by atoms with E-state index in [1.807, 2.05) is 0 Å². The Kier molecular flexibility index (Phi) is 4.43. The van der Waals surface area contributed by atoms with Gasteiger partial charge in [0.25, 0.3) is 0 Å². The van der Waals surface area contributed by atoms with E-state index >= 15 is 0 Å². The molecule has 0 unspecified atom stereocenters. The van der Waals surface area contributed by atoms with Crippen molar-refractivity contribution in [1.82, 2.24) is 30.9 Å². The third-order valence-electron chi connectivity index (χ3n) is 3.61. The highest BCUT2D eigenvalue weighted by atomic mass is 16.2. The molecule has 22 heavy (non-hydrogen) atoms. The smallest absolute Gasteiger partial charge is 0.245 e. The Morgan fingerprint density at radius 2 is 1.36 bits per heavy atom. The Bertz CT molecular complexity index is 598. The van der Waals surface area contributed by atoms with Crippen LogP contribution in [0.4, 0.5) is 0 Å². The number of hydrogen-bond donors (Lipinski definition) is 3. The zero-order valence-electron chi connectivity index (χ0n) is 13.0. The number of carbonyl (C=O) groups is 3. The lowest BCUT2D eigenvalue weighted by molar-refractivity contribution is -0.132. The second-order valence-electron chi connectivity index (χ2n) is 5.49. The summed E-state index contributed by atoms with van der Waals surface area (Å²) in [5.74, 6) is -1.10. The summed E-state index contributed by atoms with van der Waals surface area (Å²) in [6, 6.07) is -2.47. The molecule has 120 valence electrons. The molecule has 0 aromatic carbocycles. The summed E-state index contributed by atoms with van der Waals surface area (Å²) in [7, 11) is 0. The molecule has 9 heteroatoms. The van der Waals surface area contributed by atoms with Gasteiger partial charge in [-0.3, -0.25) is 14.4 Å². The van der Waals surface area contributed by atoms with Crippen LogP contribution in [0.3, 0.4) is 0 Å². The normalized spacial score (nSPS) is 30.3. The van der Waals surface area contributed by atoms with Crippen molar-refractivity contribution >= 4 is 17.7 Å². The molecule has 1 aromatic heterocycles. The monoisotopic (exact) mass is 308 g/mol. The van der Waals surface area contributed by atoms with Crippen molar-refractivity contribution in [3.63, 3.8) is 0 Å². The Hall–Kier alpha value is -2.45. The highest BCUT2D eigenvalue weighted by molar-refractivity contribution is 5.92. The van der Waals surface area contributed by atoms with Crippen LogP contribution >= 0.6 is 0 Å². The van der Waals surface area contributed by atoms with Gasteiger partial charge < -0.3 is 16.0 Å². The maximum absolute atomic E-state index is 12.1. The van der Waals surface area contributed by atoms with Gasteiger partial charge >= 0.3 is 0 Å². The fourth-order valence-corrected chi connectivity index (χ4v) is 2.01. The number of aromatic nitrogens is 3. The molecule has 1 aliphatic heterocycles.